The maximum atomic E-state index is 12.9. The highest BCUT2D eigenvalue weighted by Crippen LogP contribution is 2.14. The van der Waals surface area contributed by atoms with Crippen LogP contribution in [0.4, 0.5) is 0 Å². The van der Waals surface area contributed by atoms with Crippen LogP contribution in [0.2, 0.25) is 0 Å². The van der Waals surface area contributed by atoms with E-state index in [9.17, 15) is 14.4 Å². The van der Waals surface area contributed by atoms with Crippen molar-refractivity contribution in [3.8, 4) is 0 Å². The Hall–Kier alpha value is -4.45. The molecule has 0 heterocycles. The third-order valence-electron chi connectivity index (χ3n) is 12.1. The van der Waals surface area contributed by atoms with E-state index >= 15 is 0 Å². The summed E-state index contributed by atoms with van der Waals surface area (Å²) >= 11 is 0. The number of hydrogen-bond acceptors (Lipinski definition) is 6. The zero-order valence-electron chi connectivity index (χ0n) is 47.1. The summed E-state index contributed by atoms with van der Waals surface area (Å²) < 4.78 is 16.8. The van der Waals surface area contributed by atoms with Crippen LogP contribution < -0.4 is 0 Å². The summed E-state index contributed by atoms with van der Waals surface area (Å²) in [7, 11) is 0. The van der Waals surface area contributed by atoms with E-state index in [2.05, 4.69) is 154 Å². The van der Waals surface area contributed by atoms with Crippen LogP contribution in [0.15, 0.2) is 134 Å². The van der Waals surface area contributed by atoms with Gasteiger partial charge in [-0.25, -0.2) is 0 Å². The molecule has 412 valence electrons. The molecule has 0 saturated heterocycles. The lowest BCUT2D eigenvalue weighted by Gasteiger charge is -2.18. The normalized spacial score (nSPS) is 13.1. The average molecular weight is 1010 g/mol. The van der Waals surface area contributed by atoms with E-state index in [1.54, 1.807) is 0 Å². The van der Waals surface area contributed by atoms with Gasteiger partial charge >= 0.3 is 17.9 Å². The van der Waals surface area contributed by atoms with E-state index in [4.69, 9.17) is 14.2 Å². The Morgan fingerprint density at radius 3 is 0.877 bits per heavy atom. The minimum absolute atomic E-state index is 0.111. The van der Waals surface area contributed by atoms with E-state index in [1.165, 1.54) is 83.5 Å². The molecule has 0 aliphatic carbocycles. The van der Waals surface area contributed by atoms with Crippen molar-refractivity contribution in [1.29, 1.82) is 0 Å². The van der Waals surface area contributed by atoms with Gasteiger partial charge < -0.3 is 14.2 Å². The summed E-state index contributed by atoms with van der Waals surface area (Å²) in [5.74, 6) is -0.987. The molecular weight excluding hydrogens is 901 g/mol. The fourth-order valence-electron chi connectivity index (χ4n) is 7.73. The van der Waals surface area contributed by atoms with Crippen molar-refractivity contribution >= 4 is 17.9 Å². The number of carbonyl (C=O) groups excluding carboxylic acids is 3. The fraction of sp³-hybridized carbons (Fsp3) is 0.627. The van der Waals surface area contributed by atoms with Gasteiger partial charge in [-0.05, 0) is 128 Å². The van der Waals surface area contributed by atoms with Gasteiger partial charge in [0.1, 0.15) is 13.2 Å². The lowest BCUT2D eigenvalue weighted by Crippen LogP contribution is -2.30. The molecule has 0 saturated carbocycles. The first-order chi connectivity index (χ1) is 36.0. The van der Waals surface area contributed by atoms with Gasteiger partial charge in [-0.3, -0.25) is 14.4 Å². The summed E-state index contributed by atoms with van der Waals surface area (Å²) in [6.07, 6.45) is 84.4. The summed E-state index contributed by atoms with van der Waals surface area (Å²) in [6.45, 7) is 6.33. The number of rotatable bonds is 52. The monoisotopic (exact) mass is 1010 g/mol. The zero-order valence-corrected chi connectivity index (χ0v) is 47.1. The molecule has 0 aromatic heterocycles. The van der Waals surface area contributed by atoms with Crippen molar-refractivity contribution in [2.24, 2.45) is 0 Å². The molecule has 6 nitrogen and oxygen atoms in total. The second-order valence-electron chi connectivity index (χ2n) is 19.1. The zero-order chi connectivity index (χ0) is 52.9. The number of esters is 3. The lowest BCUT2D eigenvalue weighted by atomic mass is 10.1. The van der Waals surface area contributed by atoms with Crippen LogP contribution in [0.1, 0.15) is 252 Å². The molecular formula is C67H108O6. The van der Waals surface area contributed by atoms with E-state index in [-0.39, 0.29) is 37.5 Å². The van der Waals surface area contributed by atoms with Crippen molar-refractivity contribution < 1.29 is 28.6 Å². The maximum absolute atomic E-state index is 12.9. The summed E-state index contributed by atoms with van der Waals surface area (Å²) in [6, 6.07) is 0. The van der Waals surface area contributed by atoms with E-state index < -0.39 is 6.10 Å². The van der Waals surface area contributed by atoms with Gasteiger partial charge in [-0.15, -0.1) is 0 Å². The Balaban J connectivity index is 4.50. The largest absolute Gasteiger partial charge is 0.462 e. The van der Waals surface area contributed by atoms with Crippen LogP contribution in [0.25, 0.3) is 0 Å². The fourth-order valence-corrected chi connectivity index (χ4v) is 7.73. The van der Waals surface area contributed by atoms with Crippen LogP contribution in [0.3, 0.4) is 0 Å². The SMILES string of the molecule is CC/C=C\C/C=C\C/C=C\C/C=C\C/C=C\CCCC(=O)OC(COC(=O)CCCCCCCCC/C=C\C/C=C\CCCCC)COC(=O)CCCCCCCCCC/C=C\C/C=C\C/C=C\C/C=C\CC. The average Bonchev–Trinajstić information content (AvgIpc) is 3.39. The number of unbranched alkanes of at least 4 members (excludes halogenated alkanes) is 19. The standard InChI is InChI=1S/C67H108O6/c1-4-7-10-13-16-19-22-25-28-31-32-33-34-37-39-42-45-48-51-54-57-60-66(69)72-63-64(73-67(70)61-58-55-52-49-46-43-40-36-30-27-24-21-18-15-12-9-6-3)62-71-65(68)59-56-53-50-47-44-41-38-35-29-26-23-20-17-14-11-8-5-2/h7,9-10,12,16-21,25-30,32-33,40,43,49,52,64H,4-6,8,11,13-15,22-24,31,34-39,41-42,44-48,50-51,53-63H2,1-3H3/b10-7-,12-9-,19-16-,20-17-,21-18-,28-25-,29-26-,30-27-,33-32-,43-40-,52-49-. The second-order valence-corrected chi connectivity index (χ2v) is 19.1. The van der Waals surface area contributed by atoms with Gasteiger partial charge in [-0.1, -0.05) is 238 Å². The highest BCUT2D eigenvalue weighted by Gasteiger charge is 2.19. The Kier molecular flexibility index (Phi) is 56.4. The van der Waals surface area contributed by atoms with Crippen molar-refractivity contribution in [2.45, 2.75) is 258 Å². The molecule has 1 atom stereocenters. The number of allylic oxidation sites excluding steroid dienone is 22. The molecule has 0 aromatic rings. The topological polar surface area (TPSA) is 78.9 Å². The molecule has 0 aliphatic heterocycles. The molecule has 0 rings (SSSR count). The smallest absolute Gasteiger partial charge is 0.306 e. The van der Waals surface area contributed by atoms with E-state index in [0.29, 0.717) is 19.3 Å². The molecule has 0 aliphatic rings. The minimum Gasteiger partial charge on any atom is -0.462 e. The summed E-state index contributed by atoms with van der Waals surface area (Å²) in [4.78, 5) is 38.2. The van der Waals surface area contributed by atoms with Crippen molar-refractivity contribution in [1.82, 2.24) is 0 Å². The number of hydrogen-bond donors (Lipinski definition) is 0. The van der Waals surface area contributed by atoms with Crippen molar-refractivity contribution in [3.63, 3.8) is 0 Å². The first-order valence-corrected chi connectivity index (χ1v) is 29.7. The predicted molar refractivity (Wildman–Crippen MR) is 316 cm³/mol. The van der Waals surface area contributed by atoms with Crippen molar-refractivity contribution in [3.05, 3.63) is 134 Å². The molecule has 0 radical (unpaired) electrons. The molecule has 73 heavy (non-hydrogen) atoms. The Morgan fingerprint density at radius 2 is 0.548 bits per heavy atom. The van der Waals surface area contributed by atoms with Crippen LogP contribution in [-0.2, 0) is 28.6 Å². The van der Waals surface area contributed by atoms with Gasteiger partial charge in [0.05, 0.1) is 0 Å². The van der Waals surface area contributed by atoms with Gasteiger partial charge in [0.25, 0.3) is 0 Å². The predicted octanol–water partition coefficient (Wildman–Crippen LogP) is 20.2. The molecule has 0 N–H and O–H groups in total. The van der Waals surface area contributed by atoms with Gasteiger partial charge in [0, 0.05) is 19.3 Å². The van der Waals surface area contributed by atoms with E-state index in [0.717, 1.165) is 122 Å². The maximum Gasteiger partial charge on any atom is 0.306 e. The Bertz CT molecular complexity index is 1580. The van der Waals surface area contributed by atoms with Crippen LogP contribution in [0.5, 0.6) is 0 Å². The number of carbonyl (C=O) groups is 3. The minimum atomic E-state index is -0.820. The van der Waals surface area contributed by atoms with Gasteiger partial charge in [0.2, 0.25) is 0 Å². The van der Waals surface area contributed by atoms with Crippen molar-refractivity contribution in [2.75, 3.05) is 13.2 Å². The highest BCUT2D eigenvalue weighted by atomic mass is 16.6. The second kappa shape index (κ2) is 60.1. The summed E-state index contributed by atoms with van der Waals surface area (Å²) in [5.41, 5.74) is 0. The van der Waals surface area contributed by atoms with E-state index in [1.807, 2.05) is 0 Å². The summed E-state index contributed by atoms with van der Waals surface area (Å²) in [5, 5.41) is 0. The molecule has 1 unspecified atom stereocenters. The first kappa shape index (κ1) is 68.6. The quantitative estimate of drug-likeness (QED) is 0.0261. The molecule has 0 aromatic carbocycles. The molecule has 0 spiro atoms. The Labute approximate surface area is 449 Å². The van der Waals surface area contributed by atoms with Gasteiger partial charge in [0.15, 0.2) is 6.10 Å². The van der Waals surface area contributed by atoms with Gasteiger partial charge in [-0.2, -0.15) is 0 Å². The van der Waals surface area contributed by atoms with Crippen LogP contribution in [-0.4, -0.2) is 37.2 Å². The Morgan fingerprint density at radius 1 is 0.288 bits per heavy atom. The molecule has 0 fully saturated rings. The first-order valence-electron chi connectivity index (χ1n) is 29.7. The third kappa shape index (κ3) is 58.3. The third-order valence-corrected chi connectivity index (χ3v) is 12.1. The lowest BCUT2D eigenvalue weighted by molar-refractivity contribution is -0.167. The highest BCUT2D eigenvalue weighted by molar-refractivity contribution is 5.71. The van der Waals surface area contributed by atoms with Crippen LogP contribution >= 0.6 is 0 Å². The molecule has 0 amide bonds. The van der Waals surface area contributed by atoms with Crippen LogP contribution in [0, 0.1) is 0 Å². The molecule has 0 bridgehead atoms. The number of ether oxygens (including phenoxy) is 3. The molecule has 6 heteroatoms.